The van der Waals surface area contributed by atoms with Crippen LogP contribution in [-0.4, -0.2) is 89.1 Å². The number of carbonyl (C=O) groups is 5. The normalized spacial score (nSPS) is 14.1. The van der Waals surface area contributed by atoms with Gasteiger partial charge in [-0.05, 0) is 31.3 Å². The number of hydrogen-bond donors (Lipinski definition) is 9. The molecule has 0 aliphatic rings. The highest BCUT2D eigenvalue weighted by molar-refractivity contribution is 7.98. The van der Waals surface area contributed by atoms with E-state index >= 15 is 0 Å². The molecule has 4 unspecified atom stereocenters. The van der Waals surface area contributed by atoms with E-state index in [0.29, 0.717) is 18.6 Å². The summed E-state index contributed by atoms with van der Waals surface area (Å²) in [7, 11) is 0. The van der Waals surface area contributed by atoms with Gasteiger partial charge in [0.25, 0.3) is 0 Å². The van der Waals surface area contributed by atoms with Crippen molar-refractivity contribution in [3.05, 3.63) is 0 Å². The molecule has 0 aliphatic carbocycles. The minimum atomic E-state index is -1.58. The van der Waals surface area contributed by atoms with Crippen LogP contribution in [0.4, 0.5) is 0 Å². The van der Waals surface area contributed by atoms with Crippen LogP contribution in [-0.2, 0) is 24.0 Å². The highest BCUT2D eigenvalue weighted by atomic mass is 32.2. The minimum Gasteiger partial charge on any atom is -0.480 e. The summed E-state index contributed by atoms with van der Waals surface area (Å²) in [6.45, 7) is 0.199. The number of amides is 4. The summed E-state index contributed by atoms with van der Waals surface area (Å²) in [4.78, 5) is 63.8. The van der Waals surface area contributed by atoms with Crippen LogP contribution >= 0.6 is 24.4 Å². The van der Waals surface area contributed by atoms with Crippen molar-refractivity contribution < 1.29 is 29.1 Å². The first kappa shape index (κ1) is 31.3. The molecule has 0 rings (SSSR count). The molecule has 0 aromatic rings. The summed E-state index contributed by atoms with van der Waals surface area (Å²) in [6, 6.07) is -4.74. The number of carbonyl (C=O) groups excluding carboxylic acids is 4. The molecule has 0 aliphatic heterocycles. The van der Waals surface area contributed by atoms with Crippen LogP contribution in [0.15, 0.2) is 4.99 Å². The SMILES string of the molecule is CSCCC(N)C(=O)NC(CCCN=C(N)N)C(=O)NC(CS)C(=O)NC(CC(N)=O)C(=O)O. The number of aliphatic carboxylic acids is 1. The van der Waals surface area contributed by atoms with E-state index in [-0.39, 0.29) is 24.7 Å². The van der Waals surface area contributed by atoms with E-state index < -0.39 is 60.2 Å². The first-order chi connectivity index (χ1) is 15.9. The van der Waals surface area contributed by atoms with Crippen LogP contribution < -0.4 is 38.9 Å². The Labute approximate surface area is 207 Å². The molecule has 0 spiro atoms. The second-order valence-electron chi connectivity index (χ2n) is 7.21. The van der Waals surface area contributed by atoms with Gasteiger partial charge in [0.15, 0.2) is 5.96 Å². The summed E-state index contributed by atoms with van der Waals surface area (Å²) in [5.74, 6) is -4.22. The predicted octanol–water partition coefficient (Wildman–Crippen LogP) is -3.54. The zero-order valence-electron chi connectivity index (χ0n) is 18.9. The van der Waals surface area contributed by atoms with E-state index in [2.05, 4.69) is 33.6 Å². The van der Waals surface area contributed by atoms with Crippen molar-refractivity contribution in [1.29, 1.82) is 0 Å². The molecule has 34 heavy (non-hydrogen) atoms. The van der Waals surface area contributed by atoms with Crippen molar-refractivity contribution in [3.8, 4) is 0 Å². The average Bonchev–Trinajstić information content (AvgIpc) is 2.76. The third kappa shape index (κ3) is 13.1. The van der Waals surface area contributed by atoms with E-state index in [4.69, 9.17) is 28.0 Å². The van der Waals surface area contributed by atoms with Crippen LogP contribution in [0, 0.1) is 0 Å². The van der Waals surface area contributed by atoms with Gasteiger partial charge in [-0.1, -0.05) is 0 Å². The van der Waals surface area contributed by atoms with Crippen molar-refractivity contribution in [2.45, 2.75) is 49.9 Å². The molecular formula is C18H34N8O6S2. The number of nitrogens with two attached hydrogens (primary N) is 4. The first-order valence-electron chi connectivity index (χ1n) is 10.3. The van der Waals surface area contributed by atoms with E-state index in [9.17, 15) is 24.0 Å². The maximum Gasteiger partial charge on any atom is 0.326 e. The minimum absolute atomic E-state index is 0.125. The van der Waals surface area contributed by atoms with Gasteiger partial charge in [-0.25, -0.2) is 4.79 Å². The highest BCUT2D eigenvalue weighted by Crippen LogP contribution is 2.04. The van der Waals surface area contributed by atoms with Crippen molar-refractivity contribution in [1.82, 2.24) is 16.0 Å². The Hall–Kier alpha value is -2.72. The fourth-order valence-corrected chi connectivity index (χ4v) is 3.31. The van der Waals surface area contributed by atoms with Gasteiger partial charge in [0.2, 0.25) is 23.6 Å². The standard InChI is InChI=1S/C18H34N8O6S2/c1-34-6-4-9(19)14(28)24-10(3-2-5-23-18(21)22)15(29)26-12(8-33)16(30)25-11(17(31)32)7-13(20)27/h9-12,33H,2-8,19H2,1H3,(H2,20,27)(H,24,28)(H,25,30)(H,26,29)(H,31,32)(H4,21,22,23). The third-order valence-corrected chi connectivity index (χ3v) is 5.39. The molecule has 0 fully saturated rings. The van der Waals surface area contributed by atoms with Crippen molar-refractivity contribution in [3.63, 3.8) is 0 Å². The van der Waals surface area contributed by atoms with Gasteiger partial charge in [-0.2, -0.15) is 24.4 Å². The number of aliphatic imine (C=N–C) groups is 1. The zero-order chi connectivity index (χ0) is 26.3. The Morgan fingerprint density at radius 1 is 0.941 bits per heavy atom. The van der Waals surface area contributed by atoms with Gasteiger partial charge < -0.3 is 44.0 Å². The Morgan fingerprint density at radius 2 is 1.50 bits per heavy atom. The predicted molar refractivity (Wildman–Crippen MR) is 132 cm³/mol. The first-order valence-corrected chi connectivity index (χ1v) is 12.3. The number of nitrogens with zero attached hydrogens (tertiary/aromatic N) is 1. The summed E-state index contributed by atoms with van der Waals surface area (Å²) in [5, 5.41) is 16.3. The topological polar surface area (TPSA) is 258 Å². The lowest BCUT2D eigenvalue weighted by Gasteiger charge is -2.24. The Morgan fingerprint density at radius 3 is 2.00 bits per heavy atom. The quantitative estimate of drug-likeness (QED) is 0.0393. The molecule has 0 saturated heterocycles. The number of thioether (sulfide) groups is 1. The lowest BCUT2D eigenvalue weighted by Crippen LogP contribution is -2.58. The maximum atomic E-state index is 12.9. The van der Waals surface area contributed by atoms with Crippen molar-refractivity contribution >= 4 is 59.9 Å². The maximum absolute atomic E-state index is 12.9. The molecule has 16 heteroatoms. The number of thiol groups is 1. The average molecular weight is 523 g/mol. The molecule has 4 amide bonds. The number of primary amides is 1. The van der Waals surface area contributed by atoms with Gasteiger partial charge in [-0.15, -0.1) is 0 Å². The fraction of sp³-hybridized carbons (Fsp3) is 0.667. The van der Waals surface area contributed by atoms with Gasteiger partial charge in [-0.3, -0.25) is 24.2 Å². The summed E-state index contributed by atoms with van der Waals surface area (Å²) in [6.07, 6.45) is 2.09. The van der Waals surface area contributed by atoms with Crippen LogP contribution in [0.25, 0.3) is 0 Å². The second-order valence-corrected chi connectivity index (χ2v) is 8.56. The van der Waals surface area contributed by atoms with Gasteiger partial charge in [0.05, 0.1) is 12.5 Å². The number of nitrogens with one attached hydrogen (secondary N) is 3. The number of hydrogen-bond acceptors (Lipinski definition) is 9. The number of carboxylic acid groups (broad SMARTS) is 1. The molecule has 0 saturated carbocycles. The lowest BCUT2D eigenvalue weighted by atomic mass is 10.1. The van der Waals surface area contributed by atoms with E-state index in [0.717, 1.165) is 0 Å². The molecule has 4 atom stereocenters. The molecular weight excluding hydrogens is 488 g/mol. The Balaban J connectivity index is 5.33. The lowest BCUT2D eigenvalue weighted by molar-refractivity contribution is -0.143. The summed E-state index contributed by atoms with van der Waals surface area (Å²) < 4.78 is 0. The molecule has 0 aromatic heterocycles. The second kappa shape index (κ2) is 16.8. The van der Waals surface area contributed by atoms with Gasteiger partial charge in [0.1, 0.15) is 18.1 Å². The Kier molecular flexibility index (Phi) is 15.5. The van der Waals surface area contributed by atoms with E-state index in [1.165, 1.54) is 11.8 Å². The molecule has 0 aromatic carbocycles. The third-order valence-electron chi connectivity index (χ3n) is 4.38. The summed E-state index contributed by atoms with van der Waals surface area (Å²) >= 11 is 5.54. The molecule has 194 valence electrons. The smallest absolute Gasteiger partial charge is 0.326 e. The van der Waals surface area contributed by atoms with Crippen LogP contribution in [0.1, 0.15) is 25.7 Å². The number of carboxylic acids is 1. The number of rotatable bonds is 17. The molecule has 0 heterocycles. The molecule has 0 bridgehead atoms. The van der Waals surface area contributed by atoms with Crippen molar-refractivity contribution in [2.24, 2.45) is 27.9 Å². The highest BCUT2D eigenvalue weighted by Gasteiger charge is 2.30. The van der Waals surface area contributed by atoms with Crippen LogP contribution in [0.2, 0.25) is 0 Å². The van der Waals surface area contributed by atoms with E-state index in [1.54, 1.807) is 0 Å². The number of guanidine groups is 1. The van der Waals surface area contributed by atoms with Gasteiger partial charge >= 0.3 is 5.97 Å². The van der Waals surface area contributed by atoms with Crippen LogP contribution in [0.5, 0.6) is 0 Å². The zero-order valence-corrected chi connectivity index (χ0v) is 20.6. The monoisotopic (exact) mass is 522 g/mol. The Bertz CT molecular complexity index is 750. The molecule has 12 N–H and O–H groups in total. The van der Waals surface area contributed by atoms with E-state index in [1.807, 2.05) is 6.26 Å². The molecule has 0 radical (unpaired) electrons. The largest absolute Gasteiger partial charge is 0.480 e. The summed E-state index contributed by atoms with van der Waals surface area (Å²) in [5.41, 5.74) is 21.4. The van der Waals surface area contributed by atoms with Gasteiger partial charge in [0, 0.05) is 12.3 Å². The van der Waals surface area contributed by atoms with Crippen molar-refractivity contribution in [2.75, 3.05) is 24.3 Å². The molecule has 14 nitrogen and oxygen atoms in total. The fourth-order valence-electron chi connectivity index (χ4n) is 2.57. The van der Waals surface area contributed by atoms with Crippen LogP contribution in [0.3, 0.4) is 0 Å².